The van der Waals surface area contributed by atoms with Crippen LogP contribution in [0.2, 0.25) is 0 Å². The predicted molar refractivity (Wildman–Crippen MR) is 80.2 cm³/mol. The predicted octanol–water partition coefficient (Wildman–Crippen LogP) is 1.01. The zero-order valence-electron chi connectivity index (χ0n) is 13.2. The fraction of sp³-hybridized carbons (Fsp3) is 0.600. The normalized spacial score (nSPS) is 15.6. The molecule has 22 heavy (non-hydrogen) atoms. The second-order valence-corrected chi connectivity index (χ2v) is 5.29. The number of amides is 2. The molecule has 0 radical (unpaired) electrons. The van der Waals surface area contributed by atoms with Gasteiger partial charge in [-0.3, -0.25) is 9.69 Å². The molecule has 1 aromatic rings. The second kappa shape index (κ2) is 7.84. The molecular formula is C15H23N3O4. The van der Waals surface area contributed by atoms with E-state index < -0.39 is 0 Å². The monoisotopic (exact) mass is 309 g/mol. The molecule has 0 N–H and O–H groups in total. The van der Waals surface area contributed by atoms with Gasteiger partial charge in [-0.15, -0.1) is 0 Å². The molecule has 1 aliphatic rings. The van der Waals surface area contributed by atoms with Gasteiger partial charge in [-0.2, -0.15) is 0 Å². The lowest BCUT2D eigenvalue weighted by atomic mass is 10.3. The number of piperazine rings is 1. The molecule has 0 bridgehead atoms. The summed E-state index contributed by atoms with van der Waals surface area (Å²) in [5, 5.41) is 0. The lowest BCUT2D eigenvalue weighted by Crippen LogP contribution is -2.51. The Labute approximate surface area is 130 Å². The van der Waals surface area contributed by atoms with Crippen LogP contribution in [0.4, 0.5) is 4.79 Å². The molecular weight excluding hydrogens is 286 g/mol. The van der Waals surface area contributed by atoms with Gasteiger partial charge in [0.05, 0.1) is 26.0 Å². The molecule has 2 rings (SSSR count). The summed E-state index contributed by atoms with van der Waals surface area (Å²) < 4.78 is 10.2. The number of hydrogen-bond acceptors (Lipinski definition) is 5. The summed E-state index contributed by atoms with van der Waals surface area (Å²) in [7, 11) is 1.76. The Balaban J connectivity index is 1.73. The highest BCUT2D eigenvalue weighted by Crippen LogP contribution is 2.07. The molecule has 7 nitrogen and oxygen atoms in total. The Morgan fingerprint density at radius 2 is 2.05 bits per heavy atom. The first kappa shape index (κ1) is 16.4. The van der Waals surface area contributed by atoms with Crippen molar-refractivity contribution in [2.75, 3.05) is 46.4 Å². The van der Waals surface area contributed by atoms with Crippen LogP contribution < -0.4 is 0 Å². The Hall–Kier alpha value is -2.02. The van der Waals surface area contributed by atoms with Gasteiger partial charge in [0.15, 0.2) is 0 Å². The van der Waals surface area contributed by atoms with Crippen molar-refractivity contribution in [3.63, 3.8) is 0 Å². The minimum atomic E-state index is -0.275. The molecule has 122 valence electrons. The summed E-state index contributed by atoms with van der Waals surface area (Å²) in [6.45, 7) is 5.54. The largest absolute Gasteiger partial charge is 0.467 e. The number of carbonyl (C=O) groups is 2. The van der Waals surface area contributed by atoms with E-state index >= 15 is 0 Å². The number of carbonyl (C=O) groups excluding carboxylic acids is 2. The van der Waals surface area contributed by atoms with Gasteiger partial charge >= 0.3 is 6.09 Å². The van der Waals surface area contributed by atoms with Crippen molar-refractivity contribution < 1.29 is 18.7 Å². The van der Waals surface area contributed by atoms with E-state index in [1.165, 1.54) is 0 Å². The SMILES string of the molecule is CCOC(=O)N1CCN(CC(=O)N(C)Cc2ccco2)CC1. The van der Waals surface area contributed by atoms with Crippen molar-refractivity contribution in [3.8, 4) is 0 Å². The van der Waals surface area contributed by atoms with Crippen LogP contribution in [0, 0.1) is 0 Å². The highest BCUT2D eigenvalue weighted by Gasteiger charge is 2.24. The van der Waals surface area contributed by atoms with Crippen molar-refractivity contribution in [2.45, 2.75) is 13.5 Å². The van der Waals surface area contributed by atoms with Crippen LogP contribution in [0.3, 0.4) is 0 Å². The number of ether oxygens (including phenoxy) is 1. The number of rotatable bonds is 5. The van der Waals surface area contributed by atoms with Gasteiger partial charge < -0.3 is 19.0 Å². The zero-order chi connectivity index (χ0) is 15.9. The average molecular weight is 309 g/mol. The van der Waals surface area contributed by atoms with E-state index in [0.29, 0.717) is 45.9 Å². The van der Waals surface area contributed by atoms with Crippen molar-refractivity contribution >= 4 is 12.0 Å². The van der Waals surface area contributed by atoms with Gasteiger partial charge in [0.2, 0.25) is 5.91 Å². The summed E-state index contributed by atoms with van der Waals surface area (Å²) in [5.41, 5.74) is 0. The second-order valence-electron chi connectivity index (χ2n) is 5.29. The lowest BCUT2D eigenvalue weighted by molar-refractivity contribution is -0.132. The molecule has 1 aliphatic heterocycles. The van der Waals surface area contributed by atoms with Crippen molar-refractivity contribution in [2.24, 2.45) is 0 Å². The summed E-state index contributed by atoms with van der Waals surface area (Å²) in [6, 6.07) is 3.66. The fourth-order valence-electron chi connectivity index (χ4n) is 2.34. The topological polar surface area (TPSA) is 66.2 Å². The molecule has 0 aliphatic carbocycles. The van der Waals surface area contributed by atoms with Crippen LogP contribution in [-0.4, -0.2) is 73.1 Å². The minimum absolute atomic E-state index is 0.0426. The Bertz CT molecular complexity index is 481. The third kappa shape index (κ3) is 4.49. The van der Waals surface area contributed by atoms with E-state index in [2.05, 4.69) is 4.90 Å². The average Bonchev–Trinajstić information content (AvgIpc) is 3.01. The molecule has 1 fully saturated rings. The molecule has 2 amide bonds. The maximum atomic E-state index is 12.2. The van der Waals surface area contributed by atoms with E-state index in [9.17, 15) is 9.59 Å². The Morgan fingerprint density at radius 1 is 1.32 bits per heavy atom. The minimum Gasteiger partial charge on any atom is -0.467 e. The van der Waals surface area contributed by atoms with E-state index in [0.717, 1.165) is 5.76 Å². The van der Waals surface area contributed by atoms with Crippen molar-refractivity contribution in [3.05, 3.63) is 24.2 Å². The molecule has 1 saturated heterocycles. The maximum absolute atomic E-state index is 12.2. The summed E-state index contributed by atoms with van der Waals surface area (Å²) in [5.74, 6) is 0.809. The lowest BCUT2D eigenvalue weighted by Gasteiger charge is -2.34. The quantitative estimate of drug-likeness (QED) is 0.812. The highest BCUT2D eigenvalue weighted by atomic mass is 16.6. The van der Waals surface area contributed by atoms with Crippen LogP contribution in [0.25, 0.3) is 0 Å². The molecule has 0 unspecified atom stereocenters. The number of nitrogens with zero attached hydrogens (tertiary/aromatic N) is 3. The van der Waals surface area contributed by atoms with Gasteiger partial charge in [0.1, 0.15) is 5.76 Å². The molecule has 0 aromatic carbocycles. The van der Waals surface area contributed by atoms with Gasteiger partial charge in [-0.05, 0) is 19.1 Å². The van der Waals surface area contributed by atoms with Crippen molar-refractivity contribution in [1.29, 1.82) is 0 Å². The van der Waals surface area contributed by atoms with E-state index in [1.54, 1.807) is 30.0 Å². The standard InChI is InChI=1S/C15H23N3O4/c1-3-21-15(20)18-8-6-17(7-9-18)12-14(19)16(2)11-13-5-4-10-22-13/h4-5,10H,3,6-9,11-12H2,1-2H3. The summed E-state index contributed by atoms with van der Waals surface area (Å²) in [6.07, 6.45) is 1.32. The first-order valence-corrected chi connectivity index (χ1v) is 7.50. The molecule has 0 spiro atoms. The van der Waals surface area contributed by atoms with Crippen LogP contribution in [0.1, 0.15) is 12.7 Å². The van der Waals surface area contributed by atoms with E-state index in [4.69, 9.17) is 9.15 Å². The van der Waals surface area contributed by atoms with Crippen LogP contribution in [0.5, 0.6) is 0 Å². The smallest absolute Gasteiger partial charge is 0.409 e. The van der Waals surface area contributed by atoms with Gasteiger partial charge in [-0.25, -0.2) is 4.79 Å². The third-order valence-electron chi connectivity index (χ3n) is 3.66. The van der Waals surface area contributed by atoms with Crippen LogP contribution in [-0.2, 0) is 16.1 Å². The van der Waals surface area contributed by atoms with Gasteiger partial charge in [0, 0.05) is 33.2 Å². The summed E-state index contributed by atoms with van der Waals surface area (Å²) in [4.78, 5) is 29.2. The molecule has 2 heterocycles. The first-order valence-electron chi connectivity index (χ1n) is 7.50. The van der Waals surface area contributed by atoms with Crippen LogP contribution in [0.15, 0.2) is 22.8 Å². The van der Waals surface area contributed by atoms with E-state index in [1.807, 2.05) is 12.1 Å². The molecule has 0 atom stereocenters. The third-order valence-corrected chi connectivity index (χ3v) is 3.66. The zero-order valence-corrected chi connectivity index (χ0v) is 13.2. The fourth-order valence-corrected chi connectivity index (χ4v) is 2.34. The van der Waals surface area contributed by atoms with Crippen molar-refractivity contribution in [1.82, 2.24) is 14.7 Å². The number of hydrogen-bond donors (Lipinski definition) is 0. The molecule has 0 saturated carbocycles. The molecule has 1 aromatic heterocycles. The highest BCUT2D eigenvalue weighted by molar-refractivity contribution is 5.78. The number of likely N-dealkylation sites (N-methyl/N-ethyl adjacent to an activating group) is 1. The molecule has 7 heteroatoms. The van der Waals surface area contributed by atoms with Gasteiger partial charge in [0.25, 0.3) is 0 Å². The Morgan fingerprint density at radius 3 is 2.64 bits per heavy atom. The van der Waals surface area contributed by atoms with E-state index in [-0.39, 0.29) is 12.0 Å². The Kier molecular flexibility index (Phi) is 5.83. The maximum Gasteiger partial charge on any atom is 0.409 e. The number of furan rings is 1. The van der Waals surface area contributed by atoms with Crippen LogP contribution >= 0.6 is 0 Å². The summed E-state index contributed by atoms with van der Waals surface area (Å²) >= 11 is 0. The van der Waals surface area contributed by atoms with Gasteiger partial charge in [-0.1, -0.05) is 0 Å². The first-order chi connectivity index (χ1) is 10.6.